The second-order valence-corrected chi connectivity index (χ2v) is 2.05. The van der Waals surface area contributed by atoms with Gasteiger partial charge in [0.05, 0.1) is 11.8 Å². The first kappa shape index (κ1) is 8.23. The van der Waals surface area contributed by atoms with Crippen LogP contribution in [0, 0.1) is 5.41 Å². The zero-order valence-electron chi connectivity index (χ0n) is 4.92. The molecule has 4 heteroatoms. The van der Waals surface area contributed by atoms with Crippen molar-refractivity contribution in [2.45, 2.75) is 0 Å². The van der Waals surface area contributed by atoms with Crippen LogP contribution in [0.2, 0.25) is 0 Å². The van der Waals surface area contributed by atoms with Crippen LogP contribution in [0.15, 0.2) is 11.8 Å². The van der Waals surface area contributed by atoms with Gasteiger partial charge in [0.1, 0.15) is 5.04 Å². The molecular weight excluding hydrogens is 138 g/mol. The van der Waals surface area contributed by atoms with Crippen molar-refractivity contribution in [3.8, 4) is 0 Å². The van der Waals surface area contributed by atoms with Crippen molar-refractivity contribution in [1.29, 1.82) is 5.41 Å². The Morgan fingerprint density at radius 2 is 2.33 bits per heavy atom. The molecule has 50 valence electrons. The summed E-state index contributed by atoms with van der Waals surface area (Å²) in [6.07, 6.45) is 2.74. The van der Waals surface area contributed by atoms with Gasteiger partial charge >= 0.3 is 0 Å². The van der Waals surface area contributed by atoms with E-state index < -0.39 is 0 Å². The lowest BCUT2D eigenvalue weighted by Gasteiger charge is -1.92. The predicted octanol–water partition coefficient (Wildman–Crippen LogP) is 0.967. The van der Waals surface area contributed by atoms with E-state index in [1.54, 1.807) is 6.26 Å². The molecule has 0 fully saturated rings. The summed E-state index contributed by atoms with van der Waals surface area (Å²) in [6.45, 7) is 0. The van der Waals surface area contributed by atoms with Crippen LogP contribution in [0.4, 0.5) is 0 Å². The first-order valence-electron chi connectivity index (χ1n) is 2.18. The molecule has 0 atom stereocenters. The highest BCUT2D eigenvalue weighted by Crippen LogP contribution is 2.03. The number of aliphatic hydroxyl groups is 1. The molecule has 3 nitrogen and oxygen atoms in total. The molecule has 9 heavy (non-hydrogen) atoms. The van der Waals surface area contributed by atoms with Crippen LogP contribution in [0.5, 0.6) is 0 Å². The van der Waals surface area contributed by atoms with Crippen molar-refractivity contribution in [1.82, 2.24) is 0 Å². The van der Waals surface area contributed by atoms with E-state index >= 15 is 0 Å². The maximum absolute atomic E-state index is 9.95. The number of rotatable bonds is 2. The standard InChI is InChI=1S/C5H7NO2S/c1-9-5(6)4(2-7)3-8/h2-3,6-7H,1H3/b4-2-,6-5?. The van der Waals surface area contributed by atoms with E-state index in [1.807, 2.05) is 0 Å². The Morgan fingerprint density at radius 3 is 2.44 bits per heavy atom. The predicted molar refractivity (Wildman–Crippen MR) is 38.0 cm³/mol. The minimum absolute atomic E-state index is 0.0162. The third kappa shape index (κ3) is 2.32. The van der Waals surface area contributed by atoms with Crippen molar-refractivity contribution < 1.29 is 9.90 Å². The van der Waals surface area contributed by atoms with Gasteiger partial charge in [0, 0.05) is 0 Å². The van der Waals surface area contributed by atoms with E-state index in [9.17, 15) is 4.79 Å². The van der Waals surface area contributed by atoms with Gasteiger partial charge in [-0.2, -0.15) is 0 Å². The molecule has 0 amide bonds. The summed E-state index contributed by atoms with van der Waals surface area (Å²) < 4.78 is 0. The van der Waals surface area contributed by atoms with Gasteiger partial charge in [-0.25, -0.2) is 0 Å². The number of hydrogen-bond acceptors (Lipinski definition) is 4. The van der Waals surface area contributed by atoms with Gasteiger partial charge in [0.25, 0.3) is 0 Å². The van der Waals surface area contributed by atoms with E-state index in [-0.39, 0.29) is 10.6 Å². The minimum Gasteiger partial charge on any atom is -0.515 e. The number of carbonyl (C=O) groups is 1. The van der Waals surface area contributed by atoms with Gasteiger partial charge < -0.3 is 5.11 Å². The summed E-state index contributed by atoms with van der Waals surface area (Å²) in [4.78, 5) is 9.95. The Balaban J connectivity index is 4.14. The molecule has 0 aromatic rings. The Bertz CT molecular complexity index is 153. The fourth-order valence-electron chi connectivity index (χ4n) is 0.260. The number of aliphatic hydroxyl groups excluding tert-OH is 1. The Hall–Kier alpha value is -0.770. The molecule has 0 rings (SSSR count). The molecule has 0 heterocycles. The number of carbonyl (C=O) groups excluding carboxylic acids is 1. The summed E-state index contributed by atoms with van der Waals surface area (Å²) in [6, 6.07) is 0. The number of nitrogens with one attached hydrogen (secondary N) is 1. The number of hydrogen-bond donors (Lipinski definition) is 2. The lowest BCUT2D eigenvalue weighted by atomic mass is 10.4. The molecule has 0 aliphatic rings. The number of aldehydes is 1. The highest BCUT2D eigenvalue weighted by molar-refractivity contribution is 8.13. The van der Waals surface area contributed by atoms with Crippen molar-refractivity contribution in [3.63, 3.8) is 0 Å². The lowest BCUT2D eigenvalue weighted by molar-refractivity contribution is -0.104. The molecule has 0 aromatic carbocycles. The van der Waals surface area contributed by atoms with E-state index in [1.165, 1.54) is 0 Å². The van der Waals surface area contributed by atoms with Crippen LogP contribution < -0.4 is 0 Å². The highest BCUT2D eigenvalue weighted by Gasteiger charge is 1.99. The van der Waals surface area contributed by atoms with Crippen LogP contribution >= 0.6 is 11.8 Å². The molecule has 0 spiro atoms. The second-order valence-electron chi connectivity index (χ2n) is 1.24. The monoisotopic (exact) mass is 145 g/mol. The van der Waals surface area contributed by atoms with Crippen molar-refractivity contribution in [3.05, 3.63) is 11.8 Å². The van der Waals surface area contributed by atoms with Crippen LogP contribution in [0.1, 0.15) is 0 Å². The SMILES string of the molecule is CSC(=N)/C(C=O)=C\O. The smallest absolute Gasteiger partial charge is 0.155 e. The first-order valence-corrected chi connectivity index (χ1v) is 3.41. The van der Waals surface area contributed by atoms with Gasteiger partial charge in [0.2, 0.25) is 0 Å². The van der Waals surface area contributed by atoms with Gasteiger partial charge in [-0.05, 0) is 6.26 Å². The summed E-state index contributed by atoms with van der Waals surface area (Å²) >= 11 is 1.11. The molecular formula is C5H7NO2S. The third-order valence-electron chi connectivity index (χ3n) is 0.732. The average Bonchev–Trinajstić information content (AvgIpc) is 1.90. The Labute approximate surface area is 57.3 Å². The normalized spacial score (nSPS) is 11.0. The second kappa shape index (κ2) is 4.14. The fraction of sp³-hybridized carbons (Fsp3) is 0.200. The zero-order valence-corrected chi connectivity index (χ0v) is 5.73. The van der Waals surface area contributed by atoms with Crippen molar-refractivity contribution in [2.75, 3.05) is 6.26 Å². The van der Waals surface area contributed by atoms with Crippen molar-refractivity contribution >= 4 is 23.1 Å². The minimum atomic E-state index is 0.0162. The largest absolute Gasteiger partial charge is 0.515 e. The zero-order chi connectivity index (χ0) is 7.28. The highest BCUT2D eigenvalue weighted by atomic mass is 32.2. The first-order chi connectivity index (χ1) is 4.26. The number of thioether (sulfide) groups is 1. The topological polar surface area (TPSA) is 61.2 Å². The molecule has 2 N–H and O–H groups in total. The molecule has 0 bridgehead atoms. The lowest BCUT2D eigenvalue weighted by Crippen LogP contribution is -1.95. The van der Waals surface area contributed by atoms with Crippen LogP contribution in [-0.4, -0.2) is 22.7 Å². The van der Waals surface area contributed by atoms with E-state index in [0.717, 1.165) is 11.8 Å². The van der Waals surface area contributed by atoms with Gasteiger partial charge in [0.15, 0.2) is 6.29 Å². The maximum atomic E-state index is 9.95. The molecule has 0 aliphatic carbocycles. The van der Waals surface area contributed by atoms with Crippen LogP contribution in [0.3, 0.4) is 0 Å². The van der Waals surface area contributed by atoms with E-state index in [0.29, 0.717) is 12.5 Å². The fourth-order valence-corrected chi connectivity index (χ4v) is 0.597. The van der Waals surface area contributed by atoms with Gasteiger partial charge in [-0.15, -0.1) is 11.8 Å². The van der Waals surface area contributed by atoms with Crippen LogP contribution in [-0.2, 0) is 4.79 Å². The van der Waals surface area contributed by atoms with Crippen molar-refractivity contribution in [2.24, 2.45) is 0 Å². The summed E-state index contributed by atoms with van der Waals surface area (Å²) in [5.41, 5.74) is 0.0162. The van der Waals surface area contributed by atoms with Gasteiger partial charge in [-0.3, -0.25) is 10.2 Å². The summed E-state index contributed by atoms with van der Waals surface area (Å²) in [7, 11) is 0. The summed E-state index contributed by atoms with van der Waals surface area (Å²) in [5.74, 6) is 0. The molecule has 0 saturated carbocycles. The quantitative estimate of drug-likeness (QED) is 0.200. The maximum Gasteiger partial charge on any atom is 0.155 e. The van der Waals surface area contributed by atoms with Gasteiger partial charge in [-0.1, -0.05) is 0 Å². The van der Waals surface area contributed by atoms with Crippen LogP contribution in [0.25, 0.3) is 0 Å². The Kier molecular flexibility index (Phi) is 3.79. The molecule has 0 aliphatic heterocycles. The van der Waals surface area contributed by atoms with E-state index in [4.69, 9.17) is 10.5 Å². The Morgan fingerprint density at radius 1 is 1.78 bits per heavy atom. The average molecular weight is 145 g/mol. The molecule has 0 saturated heterocycles. The molecule has 0 radical (unpaired) electrons. The summed E-state index contributed by atoms with van der Waals surface area (Å²) in [5, 5.41) is 15.4. The third-order valence-corrected chi connectivity index (χ3v) is 1.38. The molecule has 0 unspecified atom stereocenters. The molecule has 0 aromatic heterocycles. The van der Waals surface area contributed by atoms with E-state index in [2.05, 4.69) is 0 Å².